The number of carbonyl (C=O) groups is 1. The number of carbonyl (C=O) groups excluding carboxylic acids is 1. The number of hydrogen-bond acceptors (Lipinski definition) is 3. The molecule has 0 saturated carbocycles. The second kappa shape index (κ2) is 13.1. The van der Waals surface area contributed by atoms with Gasteiger partial charge in [0.25, 0.3) is 0 Å². The average Bonchev–Trinajstić information content (AvgIpc) is 2.63. The van der Waals surface area contributed by atoms with E-state index in [0.29, 0.717) is 31.6 Å². The van der Waals surface area contributed by atoms with E-state index in [2.05, 4.69) is 53.5 Å². The van der Waals surface area contributed by atoms with Crippen LogP contribution in [0.15, 0.2) is 35.3 Å². The standard InChI is InChI=1S/C21H37N5O/c1-6-22-21(24-14-15-26(17(2)3)18(4)5)23-13-12-20(27)25-16-19-10-8-7-9-11-19/h7-11,17-18H,6,12-16H2,1-5H3,(H,25,27)(H2,22,23,24). The van der Waals surface area contributed by atoms with E-state index in [4.69, 9.17) is 0 Å². The van der Waals surface area contributed by atoms with Crippen LogP contribution in [0.2, 0.25) is 0 Å². The minimum atomic E-state index is 0.0352. The Morgan fingerprint density at radius 1 is 1.04 bits per heavy atom. The quantitative estimate of drug-likeness (QED) is 0.410. The van der Waals surface area contributed by atoms with Gasteiger partial charge in [-0.2, -0.15) is 0 Å². The highest BCUT2D eigenvalue weighted by Crippen LogP contribution is 2.03. The zero-order valence-corrected chi connectivity index (χ0v) is 17.6. The van der Waals surface area contributed by atoms with Gasteiger partial charge in [0.05, 0.1) is 6.54 Å². The molecule has 0 fully saturated rings. The first-order valence-electron chi connectivity index (χ1n) is 10.0. The third kappa shape index (κ3) is 9.99. The average molecular weight is 376 g/mol. The monoisotopic (exact) mass is 375 g/mol. The fourth-order valence-electron chi connectivity index (χ4n) is 2.91. The lowest BCUT2D eigenvalue weighted by Crippen LogP contribution is -2.41. The number of hydrogen-bond donors (Lipinski definition) is 3. The fraction of sp³-hybridized carbons (Fsp3) is 0.619. The summed E-state index contributed by atoms with van der Waals surface area (Å²) in [5, 5.41) is 9.42. The molecule has 0 radical (unpaired) electrons. The minimum absolute atomic E-state index is 0.0352. The van der Waals surface area contributed by atoms with Gasteiger partial charge in [0.2, 0.25) is 5.91 Å². The largest absolute Gasteiger partial charge is 0.357 e. The lowest BCUT2D eigenvalue weighted by atomic mass is 10.2. The van der Waals surface area contributed by atoms with Gasteiger partial charge in [0.15, 0.2) is 5.96 Å². The van der Waals surface area contributed by atoms with Crippen molar-refractivity contribution in [1.82, 2.24) is 20.9 Å². The molecule has 0 aliphatic rings. The molecular weight excluding hydrogens is 338 g/mol. The van der Waals surface area contributed by atoms with E-state index in [1.165, 1.54) is 0 Å². The highest BCUT2D eigenvalue weighted by molar-refractivity contribution is 5.81. The van der Waals surface area contributed by atoms with Crippen LogP contribution in [0.25, 0.3) is 0 Å². The molecule has 1 aromatic rings. The fourth-order valence-corrected chi connectivity index (χ4v) is 2.91. The van der Waals surface area contributed by atoms with Gasteiger partial charge in [-0.3, -0.25) is 14.7 Å². The van der Waals surface area contributed by atoms with Crippen LogP contribution in [0.3, 0.4) is 0 Å². The van der Waals surface area contributed by atoms with E-state index < -0.39 is 0 Å². The molecule has 0 bridgehead atoms. The molecule has 152 valence electrons. The van der Waals surface area contributed by atoms with Gasteiger partial charge in [-0.05, 0) is 40.2 Å². The van der Waals surface area contributed by atoms with E-state index in [9.17, 15) is 4.79 Å². The number of nitrogens with zero attached hydrogens (tertiary/aromatic N) is 2. The summed E-state index contributed by atoms with van der Waals surface area (Å²) in [5.74, 6) is 0.800. The van der Waals surface area contributed by atoms with E-state index in [1.54, 1.807) is 0 Å². The van der Waals surface area contributed by atoms with Crippen molar-refractivity contribution in [2.45, 2.75) is 59.7 Å². The maximum Gasteiger partial charge on any atom is 0.222 e. The summed E-state index contributed by atoms with van der Waals surface area (Å²) >= 11 is 0. The van der Waals surface area contributed by atoms with Gasteiger partial charge in [-0.15, -0.1) is 0 Å². The number of nitrogens with one attached hydrogen (secondary N) is 3. The molecule has 6 nitrogen and oxygen atoms in total. The summed E-state index contributed by atoms with van der Waals surface area (Å²) in [6.45, 7) is 14.4. The maximum atomic E-state index is 12.0. The Morgan fingerprint density at radius 3 is 2.30 bits per heavy atom. The molecule has 0 aliphatic carbocycles. The predicted molar refractivity (Wildman–Crippen MR) is 114 cm³/mol. The first-order valence-corrected chi connectivity index (χ1v) is 10.0. The van der Waals surface area contributed by atoms with Crippen molar-refractivity contribution in [3.8, 4) is 0 Å². The van der Waals surface area contributed by atoms with Crippen molar-refractivity contribution in [2.24, 2.45) is 4.99 Å². The zero-order chi connectivity index (χ0) is 20.1. The van der Waals surface area contributed by atoms with Crippen LogP contribution in [0.5, 0.6) is 0 Å². The Morgan fingerprint density at radius 2 is 1.70 bits per heavy atom. The van der Waals surface area contributed by atoms with Crippen molar-refractivity contribution in [3.63, 3.8) is 0 Å². The van der Waals surface area contributed by atoms with Gasteiger partial charge in [0, 0.05) is 44.7 Å². The van der Waals surface area contributed by atoms with Crippen molar-refractivity contribution in [2.75, 3.05) is 26.2 Å². The van der Waals surface area contributed by atoms with Gasteiger partial charge in [-0.1, -0.05) is 30.3 Å². The van der Waals surface area contributed by atoms with Crippen molar-refractivity contribution in [1.29, 1.82) is 0 Å². The Labute approximate surface area is 164 Å². The molecule has 0 unspecified atom stereocenters. The number of guanidine groups is 1. The third-order valence-electron chi connectivity index (χ3n) is 4.28. The lowest BCUT2D eigenvalue weighted by Gasteiger charge is -2.29. The summed E-state index contributed by atoms with van der Waals surface area (Å²) in [4.78, 5) is 19.0. The molecule has 0 spiro atoms. The first-order chi connectivity index (χ1) is 12.9. The molecule has 0 saturated heterocycles. The highest BCUT2D eigenvalue weighted by atomic mass is 16.1. The number of rotatable bonds is 11. The highest BCUT2D eigenvalue weighted by Gasteiger charge is 2.12. The minimum Gasteiger partial charge on any atom is -0.357 e. The normalized spacial score (nSPS) is 11.9. The molecule has 6 heteroatoms. The molecule has 27 heavy (non-hydrogen) atoms. The summed E-state index contributed by atoms with van der Waals surface area (Å²) < 4.78 is 0. The Kier molecular flexibility index (Phi) is 11.2. The Bertz CT molecular complexity index is 549. The molecular formula is C21H37N5O. The summed E-state index contributed by atoms with van der Waals surface area (Å²) in [6.07, 6.45) is 0.418. The Balaban J connectivity index is 2.35. The van der Waals surface area contributed by atoms with E-state index in [1.807, 2.05) is 37.3 Å². The molecule has 1 aromatic carbocycles. The number of amides is 1. The number of benzene rings is 1. The zero-order valence-electron chi connectivity index (χ0n) is 17.6. The van der Waals surface area contributed by atoms with Crippen molar-refractivity contribution in [3.05, 3.63) is 35.9 Å². The first kappa shape index (κ1) is 23.0. The SMILES string of the molecule is CCNC(=NCCN(C(C)C)C(C)C)NCCC(=O)NCc1ccccc1. The molecule has 1 amide bonds. The maximum absolute atomic E-state index is 12.0. The van der Waals surface area contributed by atoms with Gasteiger partial charge < -0.3 is 16.0 Å². The topological polar surface area (TPSA) is 68.8 Å². The smallest absolute Gasteiger partial charge is 0.222 e. The van der Waals surface area contributed by atoms with Crippen LogP contribution < -0.4 is 16.0 Å². The molecule has 0 aromatic heterocycles. The van der Waals surface area contributed by atoms with E-state index in [0.717, 1.165) is 31.2 Å². The third-order valence-corrected chi connectivity index (χ3v) is 4.28. The summed E-state index contributed by atoms with van der Waals surface area (Å²) in [5.41, 5.74) is 1.11. The van der Waals surface area contributed by atoms with Gasteiger partial charge in [0.1, 0.15) is 0 Å². The molecule has 0 heterocycles. The summed E-state index contributed by atoms with van der Waals surface area (Å²) in [6, 6.07) is 10.9. The molecule has 3 N–H and O–H groups in total. The molecule has 1 rings (SSSR count). The van der Waals surface area contributed by atoms with Gasteiger partial charge >= 0.3 is 0 Å². The van der Waals surface area contributed by atoms with Gasteiger partial charge in [-0.25, -0.2) is 0 Å². The summed E-state index contributed by atoms with van der Waals surface area (Å²) in [7, 11) is 0. The predicted octanol–water partition coefficient (Wildman–Crippen LogP) is 2.37. The van der Waals surface area contributed by atoms with Crippen LogP contribution in [0.1, 0.15) is 46.6 Å². The molecule has 0 atom stereocenters. The van der Waals surface area contributed by atoms with Crippen LogP contribution in [-0.2, 0) is 11.3 Å². The number of aliphatic imine (C=N–C) groups is 1. The second-order valence-electron chi connectivity index (χ2n) is 7.13. The molecule has 0 aliphatic heterocycles. The van der Waals surface area contributed by atoms with E-state index >= 15 is 0 Å². The van der Waals surface area contributed by atoms with Crippen LogP contribution in [0, 0.1) is 0 Å². The van der Waals surface area contributed by atoms with Crippen LogP contribution >= 0.6 is 0 Å². The second-order valence-corrected chi connectivity index (χ2v) is 7.13. The lowest BCUT2D eigenvalue weighted by molar-refractivity contribution is -0.121. The van der Waals surface area contributed by atoms with Crippen LogP contribution in [-0.4, -0.2) is 55.0 Å². The van der Waals surface area contributed by atoms with Crippen LogP contribution in [0.4, 0.5) is 0 Å². The van der Waals surface area contributed by atoms with Crippen molar-refractivity contribution < 1.29 is 4.79 Å². The van der Waals surface area contributed by atoms with Crippen molar-refractivity contribution >= 4 is 11.9 Å². The Hall–Kier alpha value is -2.08. The van der Waals surface area contributed by atoms with E-state index in [-0.39, 0.29) is 5.91 Å².